The van der Waals surface area contributed by atoms with Gasteiger partial charge in [-0.1, -0.05) is 158 Å². The lowest BCUT2D eigenvalue weighted by Crippen LogP contribution is -2.24. The van der Waals surface area contributed by atoms with Crippen molar-refractivity contribution in [2.45, 2.75) is 12.8 Å². The monoisotopic (exact) mass is 564 g/mol. The molecule has 1 aliphatic heterocycles. The van der Waals surface area contributed by atoms with Crippen LogP contribution in [0.5, 0.6) is 11.5 Å². The highest BCUT2D eigenvalue weighted by Crippen LogP contribution is 2.44. The van der Waals surface area contributed by atoms with E-state index in [0.29, 0.717) is 0 Å². The molecule has 7 rings (SSSR count). The van der Waals surface area contributed by atoms with Crippen molar-refractivity contribution in [3.05, 3.63) is 169 Å². The highest BCUT2D eigenvalue weighted by molar-refractivity contribution is 7.80. The van der Waals surface area contributed by atoms with Crippen LogP contribution in [0.15, 0.2) is 158 Å². The standard InChI is InChI=1S/C38H30OP2/c1-5-17-31(18-6-1)40(32-19-7-2-8-20-32)35-25-13-15-29-27-28-30-16-14-26-36(38(30)39-37(29)35)41(33-21-9-3-10-22-33)34-23-11-4-12-24-34/h1-26H,27-28H2. The molecule has 1 heterocycles. The van der Waals surface area contributed by atoms with Gasteiger partial charge in [0, 0.05) is 10.6 Å². The molecule has 0 bridgehead atoms. The van der Waals surface area contributed by atoms with E-state index in [1.54, 1.807) is 0 Å². The molecule has 3 heteroatoms. The molecule has 0 unspecified atom stereocenters. The second-order valence-corrected chi connectivity index (χ2v) is 14.5. The third kappa shape index (κ3) is 5.25. The van der Waals surface area contributed by atoms with Gasteiger partial charge in [-0.2, -0.15) is 0 Å². The Morgan fingerprint density at radius 2 is 0.659 bits per heavy atom. The first kappa shape index (κ1) is 25.9. The van der Waals surface area contributed by atoms with Crippen LogP contribution in [0.3, 0.4) is 0 Å². The van der Waals surface area contributed by atoms with E-state index < -0.39 is 15.8 Å². The van der Waals surface area contributed by atoms with Crippen molar-refractivity contribution >= 4 is 47.7 Å². The van der Waals surface area contributed by atoms with E-state index in [-0.39, 0.29) is 0 Å². The molecule has 0 fully saturated rings. The lowest BCUT2D eigenvalue weighted by Gasteiger charge is -2.26. The quantitative estimate of drug-likeness (QED) is 0.196. The number of para-hydroxylation sites is 2. The summed E-state index contributed by atoms with van der Waals surface area (Å²) < 4.78 is 7.25. The van der Waals surface area contributed by atoms with Crippen molar-refractivity contribution in [1.29, 1.82) is 0 Å². The number of fused-ring (bicyclic) bond motifs is 2. The Hall–Kier alpha value is -4.02. The fraction of sp³-hybridized carbons (Fsp3) is 0.0526. The van der Waals surface area contributed by atoms with E-state index in [9.17, 15) is 0 Å². The molecule has 41 heavy (non-hydrogen) atoms. The summed E-state index contributed by atoms with van der Waals surface area (Å²) in [6.07, 6.45) is 1.92. The lowest BCUT2D eigenvalue weighted by atomic mass is 10.0. The van der Waals surface area contributed by atoms with Crippen molar-refractivity contribution in [3.63, 3.8) is 0 Å². The fourth-order valence-electron chi connectivity index (χ4n) is 5.66. The summed E-state index contributed by atoms with van der Waals surface area (Å²) in [6, 6.07) is 57.2. The van der Waals surface area contributed by atoms with Crippen molar-refractivity contribution in [3.8, 4) is 11.5 Å². The maximum Gasteiger partial charge on any atom is 0.138 e. The summed E-state index contributed by atoms with van der Waals surface area (Å²) in [5.41, 5.74) is 2.57. The SMILES string of the molecule is c1ccc(P(c2ccccc2)c2cccc3c2Oc2c(cccc2P(c2ccccc2)c2ccccc2)CC3)cc1. The van der Waals surface area contributed by atoms with Gasteiger partial charge in [0.05, 0.1) is 0 Å². The zero-order valence-electron chi connectivity index (χ0n) is 22.7. The summed E-state index contributed by atoms with van der Waals surface area (Å²) in [7, 11) is -1.59. The summed E-state index contributed by atoms with van der Waals surface area (Å²) in [5, 5.41) is 7.89. The third-order valence-electron chi connectivity index (χ3n) is 7.56. The number of aryl methyl sites for hydroxylation is 2. The van der Waals surface area contributed by atoms with Gasteiger partial charge in [0.2, 0.25) is 0 Å². The maximum atomic E-state index is 7.25. The van der Waals surface area contributed by atoms with Gasteiger partial charge in [0.15, 0.2) is 0 Å². The average molecular weight is 565 g/mol. The Labute approximate surface area is 245 Å². The first-order valence-electron chi connectivity index (χ1n) is 14.1. The largest absolute Gasteiger partial charge is 0.455 e. The van der Waals surface area contributed by atoms with Crippen LogP contribution in [0, 0.1) is 0 Å². The molecule has 0 N–H and O–H groups in total. The number of hydrogen-bond acceptors (Lipinski definition) is 1. The van der Waals surface area contributed by atoms with Gasteiger partial charge in [-0.25, -0.2) is 0 Å². The second kappa shape index (κ2) is 11.8. The molecule has 198 valence electrons. The fourth-order valence-corrected chi connectivity index (χ4v) is 10.5. The minimum absolute atomic E-state index is 0.794. The van der Waals surface area contributed by atoms with Crippen LogP contribution in [-0.4, -0.2) is 0 Å². The van der Waals surface area contributed by atoms with E-state index in [0.717, 1.165) is 24.3 Å². The normalized spacial score (nSPS) is 12.3. The van der Waals surface area contributed by atoms with E-state index in [1.807, 2.05) is 0 Å². The molecule has 6 aromatic carbocycles. The molecule has 0 saturated heterocycles. The molecule has 0 radical (unpaired) electrons. The van der Waals surface area contributed by atoms with Crippen LogP contribution in [0.1, 0.15) is 11.1 Å². The van der Waals surface area contributed by atoms with Crippen LogP contribution in [0.2, 0.25) is 0 Å². The molecular formula is C38H30OP2. The number of benzene rings is 6. The van der Waals surface area contributed by atoms with Gasteiger partial charge < -0.3 is 4.74 Å². The van der Waals surface area contributed by atoms with Gasteiger partial charge in [-0.05, 0) is 61.0 Å². The molecule has 0 aromatic heterocycles. The minimum Gasteiger partial charge on any atom is -0.455 e. The molecule has 0 spiro atoms. The number of rotatable bonds is 6. The Morgan fingerprint density at radius 3 is 0.976 bits per heavy atom. The van der Waals surface area contributed by atoms with E-state index in [4.69, 9.17) is 4.74 Å². The summed E-state index contributed by atoms with van der Waals surface area (Å²) >= 11 is 0. The Morgan fingerprint density at radius 1 is 0.341 bits per heavy atom. The molecular weight excluding hydrogens is 534 g/mol. The van der Waals surface area contributed by atoms with Crippen LogP contribution in [0.25, 0.3) is 0 Å². The number of hydrogen-bond donors (Lipinski definition) is 0. The molecule has 1 nitrogen and oxygen atoms in total. The molecule has 1 aliphatic rings. The topological polar surface area (TPSA) is 9.23 Å². The lowest BCUT2D eigenvalue weighted by molar-refractivity contribution is 0.487. The Kier molecular flexibility index (Phi) is 7.48. The molecule has 0 aliphatic carbocycles. The summed E-state index contributed by atoms with van der Waals surface area (Å²) in [6.45, 7) is 0. The first-order valence-corrected chi connectivity index (χ1v) is 16.8. The van der Waals surface area contributed by atoms with Gasteiger partial charge in [-0.3, -0.25) is 0 Å². The predicted molar refractivity (Wildman–Crippen MR) is 178 cm³/mol. The molecule has 0 atom stereocenters. The van der Waals surface area contributed by atoms with E-state index in [2.05, 4.69) is 158 Å². The van der Waals surface area contributed by atoms with Crippen molar-refractivity contribution < 1.29 is 4.74 Å². The number of ether oxygens (including phenoxy) is 1. The smallest absolute Gasteiger partial charge is 0.138 e. The third-order valence-corrected chi connectivity index (χ3v) is 12.5. The summed E-state index contributed by atoms with van der Waals surface area (Å²) in [4.78, 5) is 0. The first-order chi connectivity index (χ1) is 20.4. The Bertz CT molecular complexity index is 1540. The molecule has 0 amide bonds. The van der Waals surface area contributed by atoms with Crippen LogP contribution in [0.4, 0.5) is 0 Å². The van der Waals surface area contributed by atoms with Gasteiger partial charge in [0.1, 0.15) is 11.5 Å². The maximum absolute atomic E-state index is 7.25. The highest BCUT2D eigenvalue weighted by Gasteiger charge is 2.28. The zero-order valence-corrected chi connectivity index (χ0v) is 24.5. The van der Waals surface area contributed by atoms with Crippen molar-refractivity contribution in [1.82, 2.24) is 0 Å². The van der Waals surface area contributed by atoms with Gasteiger partial charge in [0.25, 0.3) is 0 Å². The van der Waals surface area contributed by atoms with Gasteiger partial charge >= 0.3 is 0 Å². The minimum atomic E-state index is -0.794. The van der Waals surface area contributed by atoms with E-state index >= 15 is 0 Å². The molecule has 0 saturated carbocycles. The van der Waals surface area contributed by atoms with Crippen molar-refractivity contribution in [2.75, 3.05) is 0 Å². The van der Waals surface area contributed by atoms with Crippen molar-refractivity contribution in [2.24, 2.45) is 0 Å². The van der Waals surface area contributed by atoms with Gasteiger partial charge in [-0.15, -0.1) is 0 Å². The Balaban J connectivity index is 1.41. The second-order valence-electron chi connectivity index (χ2n) is 10.1. The highest BCUT2D eigenvalue weighted by atomic mass is 31.1. The van der Waals surface area contributed by atoms with Crippen LogP contribution >= 0.6 is 15.8 Å². The predicted octanol–water partition coefficient (Wildman–Crippen LogP) is 7.09. The zero-order chi connectivity index (χ0) is 27.4. The molecule has 6 aromatic rings. The van der Waals surface area contributed by atoms with Crippen LogP contribution < -0.4 is 36.6 Å². The van der Waals surface area contributed by atoms with E-state index in [1.165, 1.54) is 43.0 Å². The average Bonchev–Trinajstić information content (AvgIpc) is 3.24. The summed E-state index contributed by atoms with van der Waals surface area (Å²) in [5.74, 6) is 2.07. The van der Waals surface area contributed by atoms with Crippen LogP contribution in [-0.2, 0) is 12.8 Å².